The Morgan fingerprint density at radius 3 is 2.35 bits per heavy atom. The number of hydrogen-bond donors (Lipinski definition) is 2. The molecule has 0 unspecified atom stereocenters. The molecule has 278 valence electrons. The Hall–Kier alpha value is -4.45. The van der Waals surface area contributed by atoms with Crippen molar-refractivity contribution >= 4 is 44.8 Å². The lowest BCUT2D eigenvalue weighted by Crippen LogP contribution is -2.49. The maximum Gasteiger partial charge on any atom is 0.407 e. The van der Waals surface area contributed by atoms with Gasteiger partial charge in [0.1, 0.15) is 5.60 Å². The minimum Gasteiger partial charge on any atom is -0.444 e. The van der Waals surface area contributed by atoms with E-state index in [1.54, 1.807) is 43.7 Å². The number of aromatic nitrogens is 2. The van der Waals surface area contributed by atoms with Crippen LogP contribution in [0.4, 0.5) is 15.4 Å². The van der Waals surface area contributed by atoms with Crippen LogP contribution in [0.3, 0.4) is 0 Å². The van der Waals surface area contributed by atoms with Crippen LogP contribution < -0.4 is 15.5 Å². The fourth-order valence-electron chi connectivity index (χ4n) is 7.15. The second-order valence-corrected chi connectivity index (χ2v) is 17.3. The predicted molar refractivity (Wildman–Crippen MR) is 198 cm³/mol. The average molecular weight is 732 g/mol. The molecule has 2 aromatic carbocycles. The number of rotatable bonds is 6. The molecule has 3 aromatic rings. The SMILES string of the molecule is Cn1nc(N2CCC(=O)NC2=O)c2ccc(C3CCN(C(C)(C)C#Cc4cccc(S(=O)(=O)N5CCC(NC(=O)OC(C)(C)C)CC5)c4)CC3)cc21. The summed E-state index contributed by atoms with van der Waals surface area (Å²) in [5.74, 6) is 7.31. The number of sulfonamides is 1. The first-order valence-corrected chi connectivity index (χ1v) is 19.4. The summed E-state index contributed by atoms with van der Waals surface area (Å²) < 4.78 is 35.7. The summed E-state index contributed by atoms with van der Waals surface area (Å²) >= 11 is 0. The maximum absolute atomic E-state index is 13.6. The summed E-state index contributed by atoms with van der Waals surface area (Å²) in [5.41, 5.74) is 1.78. The number of benzene rings is 2. The second-order valence-electron chi connectivity index (χ2n) is 15.4. The van der Waals surface area contributed by atoms with Gasteiger partial charge in [-0.3, -0.25) is 24.6 Å². The molecule has 3 aliphatic rings. The van der Waals surface area contributed by atoms with Crippen LogP contribution in [0.15, 0.2) is 47.4 Å². The Labute approximate surface area is 306 Å². The number of imide groups is 1. The first kappa shape index (κ1) is 37.3. The van der Waals surface area contributed by atoms with Crippen LogP contribution in [0.1, 0.15) is 83.8 Å². The highest BCUT2D eigenvalue weighted by molar-refractivity contribution is 7.89. The molecule has 1 aromatic heterocycles. The lowest BCUT2D eigenvalue weighted by atomic mass is 9.87. The highest BCUT2D eigenvalue weighted by Gasteiger charge is 2.33. The van der Waals surface area contributed by atoms with Gasteiger partial charge < -0.3 is 10.1 Å². The van der Waals surface area contributed by atoms with Crippen LogP contribution in [0.2, 0.25) is 0 Å². The van der Waals surface area contributed by atoms with Crippen molar-refractivity contribution in [2.45, 2.75) is 94.7 Å². The molecule has 2 N–H and O–H groups in total. The number of ether oxygens (including phenoxy) is 1. The Balaban J connectivity index is 1.06. The van der Waals surface area contributed by atoms with Gasteiger partial charge in [-0.2, -0.15) is 9.40 Å². The normalized spacial score (nSPS) is 18.9. The number of anilines is 1. The number of alkyl carbamates (subject to hydrolysis) is 1. The number of carbonyl (C=O) groups is 3. The van der Waals surface area contributed by atoms with Crippen LogP contribution in [-0.2, 0) is 26.6 Å². The third kappa shape index (κ3) is 8.27. The fourth-order valence-corrected chi connectivity index (χ4v) is 8.67. The van der Waals surface area contributed by atoms with Crippen molar-refractivity contribution < 1.29 is 27.5 Å². The van der Waals surface area contributed by atoms with Gasteiger partial charge in [-0.05, 0) is 102 Å². The molecule has 0 bridgehead atoms. The van der Waals surface area contributed by atoms with Gasteiger partial charge in [0.2, 0.25) is 15.9 Å². The molecular weight excluding hydrogens is 683 g/mol. The van der Waals surface area contributed by atoms with Gasteiger partial charge in [0, 0.05) is 63.2 Å². The molecule has 14 heteroatoms. The van der Waals surface area contributed by atoms with Gasteiger partial charge in [0.05, 0.1) is 16.0 Å². The van der Waals surface area contributed by atoms with E-state index in [-0.39, 0.29) is 23.3 Å². The smallest absolute Gasteiger partial charge is 0.407 e. The number of hydrogen-bond acceptors (Lipinski definition) is 8. The monoisotopic (exact) mass is 731 g/mol. The average Bonchev–Trinajstić information content (AvgIpc) is 3.42. The number of carbonyl (C=O) groups excluding carboxylic acids is 3. The summed E-state index contributed by atoms with van der Waals surface area (Å²) in [6, 6.07) is 12.5. The van der Waals surface area contributed by atoms with Gasteiger partial charge in [-0.15, -0.1) is 0 Å². The van der Waals surface area contributed by atoms with Crippen molar-refractivity contribution in [2.75, 3.05) is 37.6 Å². The number of likely N-dealkylation sites (tertiary alicyclic amines) is 1. The number of urea groups is 1. The van der Waals surface area contributed by atoms with E-state index in [4.69, 9.17) is 4.74 Å². The summed E-state index contributed by atoms with van der Waals surface area (Å²) in [7, 11) is -1.86. The number of nitrogens with zero attached hydrogens (tertiary/aromatic N) is 5. The molecule has 4 heterocycles. The van der Waals surface area contributed by atoms with Crippen molar-refractivity contribution in [3.05, 3.63) is 53.6 Å². The van der Waals surface area contributed by atoms with E-state index >= 15 is 0 Å². The van der Waals surface area contributed by atoms with Crippen molar-refractivity contribution in [1.29, 1.82) is 0 Å². The van der Waals surface area contributed by atoms with E-state index in [0.717, 1.165) is 36.8 Å². The highest BCUT2D eigenvalue weighted by atomic mass is 32.2. The molecule has 0 spiro atoms. The molecule has 3 fully saturated rings. The molecule has 3 saturated heterocycles. The van der Waals surface area contributed by atoms with E-state index < -0.39 is 33.3 Å². The van der Waals surface area contributed by atoms with Gasteiger partial charge in [0.25, 0.3) is 0 Å². The number of nitrogens with one attached hydrogen (secondary N) is 2. The standard InChI is InChI=1S/C38H49N7O6S/c1-37(2,3)51-36(48)39-29-15-21-44(22-16-29)52(49,50)30-9-7-8-26(24-30)12-18-38(4,5)43-19-13-27(14-20-43)28-10-11-31-32(25-28)42(6)41-34(31)45-23-17-33(46)40-35(45)47/h7-11,24-25,27,29H,13-17,19-23H2,1-6H3,(H,39,48)(H,40,46,47). The molecular formula is C38H49N7O6S. The largest absolute Gasteiger partial charge is 0.444 e. The summed E-state index contributed by atoms with van der Waals surface area (Å²) in [6.45, 7) is 12.2. The Morgan fingerprint density at radius 2 is 1.67 bits per heavy atom. The Kier molecular flexibility index (Phi) is 10.4. The zero-order chi connectivity index (χ0) is 37.4. The maximum atomic E-state index is 13.6. The quantitative estimate of drug-likeness (QED) is 0.347. The van der Waals surface area contributed by atoms with Gasteiger partial charge in [-0.1, -0.05) is 24.0 Å². The van der Waals surface area contributed by atoms with Gasteiger partial charge >= 0.3 is 12.1 Å². The summed E-state index contributed by atoms with van der Waals surface area (Å²) in [6.07, 6.45) is 2.67. The number of fused-ring (bicyclic) bond motifs is 1. The molecule has 0 saturated carbocycles. The van der Waals surface area contributed by atoms with Crippen molar-refractivity contribution in [3.8, 4) is 11.8 Å². The van der Waals surface area contributed by atoms with E-state index in [1.807, 2.05) is 19.2 Å². The molecule has 13 nitrogen and oxygen atoms in total. The van der Waals surface area contributed by atoms with Crippen LogP contribution >= 0.6 is 0 Å². The minimum absolute atomic E-state index is 0.144. The topological polar surface area (TPSA) is 146 Å². The molecule has 0 aliphatic carbocycles. The number of piperidine rings is 2. The second kappa shape index (κ2) is 14.5. The number of amides is 4. The van der Waals surface area contributed by atoms with Crippen LogP contribution in [0.5, 0.6) is 0 Å². The van der Waals surface area contributed by atoms with E-state index in [2.05, 4.69) is 58.5 Å². The zero-order valence-corrected chi connectivity index (χ0v) is 31.7. The minimum atomic E-state index is -3.72. The lowest BCUT2D eigenvalue weighted by Gasteiger charge is -2.40. The fraction of sp³-hybridized carbons (Fsp3) is 0.526. The first-order chi connectivity index (χ1) is 24.5. The van der Waals surface area contributed by atoms with Gasteiger partial charge in [-0.25, -0.2) is 18.0 Å². The lowest BCUT2D eigenvalue weighted by molar-refractivity contribution is -0.120. The molecule has 3 aliphatic heterocycles. The van der Waals surface area contributed by atoms with Crippen molar-refractivity contribution in [3.63, 3.8) is 0 Å². The zero-order valence-electron chi connectivity index (χ0n) is 30.9. The Bertz CT molecular complexity index is 2020. The van der Waals surface area contributed by atoms with Gasteiger partial charge in [0.15, 0.2) is 5.82 Å². The first-order valence-electron chi connectivity index (χ1n) is 18.0. The van der Waals surface area contributed by atoms with Crippen molar-refractivity contribution in [1.82, 2.24) is 29.6 Å². The van der Waals surface area contributed by atoms with Crippen molar-refractivity contribution in [2.24, 2.45) is 7.05 Å². The molecule has 0 atom stereocenters. The highest BCUT2D eigenvalue weighted by Crippen LogP contribution is 2.35. The third-order valence-corrected chi connectivity index (χ3v) is 12.0. The summed E-state index contributed by atoms with van der Waals surface area (Å²) in [4.78, 5) is 40.4. The predicted octanol–water partition coefficient (Wildman–Crippen LogP) is 4.71. The van der Waals surface area contributed by atoms with E-state index in [1.165, 1.54) is 14.8 Å². The number of aryl methyl sites for hydroxylation is 1. The summed E-state index contributed by atoms with van der Waals surface area (Å²) in [5, 5.41) is 10.7. The van der Waals surface area contributed by atoms with Crippen LogP contribution in [-0.4, -0.2) is 95.3 Å². The molecule has 4 amide bonds. The van der Waals surface area contributed by atoms with E-state index in [0.29, 0.717) is 49.8 Å². The third-order valence-electron chi connectivity index (χ3n) is 10.1. The van der Waals surface area contributed by atoms with Crippen LogP contribution in [0.25, 0.3) is 10.9 Å². The molecule has 6 rings (SSSR count). The molecule has 52 heavy (non-hydrogen) atoms. The molecule has 0 radical (unpaired) electrons. The van der Waals surface area contributed by atoms with E-state index in [9.17, 15) is 22.8 Å². The Morgan fingerprint density at radius 1 is 0.962 bits per heavy atom. The van der Waals surface area contributed by atoms with Crippen LogP contribution in [0, 0.1) is 11.8 Å².